The van der Waals surface area contributed by atoms with Crippen molar-refractivity contribution in [1.29, 1.82) is 0 Å². The van der Waals surface area contributed by atoms with E-state index in [0.29, 0.717) is 42.2 Å². The van der Waals surface area contributed by atoms with Crippen molar-refractivity contribution in [2.24, 2.45) is 5.92 Å². The molecule has 27 heavy (non-hydrogen) atoms. The minimum Gasteiger partial charge on any atom is -0.333 e. The van der Waals surface area contributed by atoms with Gasteiger partial charge in [-0.3, -0.25) is 14.2 Å². The van der Waals surface area contributed by atoms with Gasteiger partial charge in [0.05, 0.1) is 16.9 Å². The maximum absolute atomic E-state index is 13.0. The topological polar surface area (TPSA) is 55.2 Å². The molecule has 0 saturated heterocycles. The Balaban J connectivity index is 2.54. The lowest BCUT2D eigenvalue weighted by atomic mass is 10.1. The van der Waals surface area contributed by atoms with E-state index in [1.165, 1.54) is 0 Å². The lowest BCUT2D eigenvalue weighted by molar-refractivity contribution is -0.134. The van der Waals surface area contributed by atoms with Crippen LogP contribution in [0, 0.1) is 5.92 Å². The summed E-state index contributed by atoms with van der Waals surface area (Å²) in [7, 11) is 0. The molecule has 1 aromatic heterocycles. The van der Waals surface area contributed by atoms with Gasteiger partial charge >= 0.3 is 0 Å². The Morgan fingerprint density at radius 3 is 2.48 bits per heavy atom. The Morgan fingerprint density at radius 1 is 1.15 bits per heavy atom. The van der Waals surface area contributed by atoms with Crippen LogP contribution in [-0.2, 0) is 11.3 Å². The number of carbonyl (C=O) groups is 1. The normalized spacial score (nSPS) is 12.5. The van der Waals surface area contributed by atoms with Gasteiger partial charge in [0.15, 0.2) is 0 Å². The van der Waals surface area contributed by atoms with E-state index in [1.807, 2.05) is 43.0 Å². The maximum atomic E-state index is 13.0. The number of aromatic nitrogens is 2. The summed E-state index contributed by atoms with van der Waals surface area (Å²) in [6.45, 7) is 11.6. The summed E-state index contributed by atoms with van der Waals surface area (Å²) in [5.41, 5.74) is 0.678. The van der Waals surface area contributed by atoms with Crippen LogP contribution in [0.2, 0.25) is 0 Å². The summed E-state index contributed by atoms with van der Waals surface area (Å²) in [5, 5.41) is 0.634. The largest absolute Gasteiger partial charge is 0.333 e. The first-order valence-electron chi connectivity index (χ1n) is 10.2. The van der Waals surface area contributed by atoms with Crippen LogP contribution in [0.1, 0.15) is 72.2 Å². The average molecular weight is 372 g/mol. The van der Waals surface area contributed by atoms with Crippen LogP contribution in [0.4, 0.5) is 0 Å². The lowest BCUT2D eigenvalue weighted by Gasteiger charge is -2.32. The fraction of sp³-hybridized carbons (Fsp3) is 0.591. The molecule has 1 amide bonds. The molecule has 0 fully saturated rings. The summed E-state index contributed by atoms with van der Waals surface area (Å²) in [6, 6.07) is 7.22. The molecule has 5 nitrogen and oxygen atoms in total. The third-order valence-corrected chi connectivity index (χ3v) is 4.81. The van der Waals surface area contributed by atoms with E-state index in [-0.39, 0.29) is 17.5 Å². The molecule has 0 bridgehead atoms. The van der Waals surface area contributed by atoms with Gasteiger partial charge in [-0.15, -0.1) is 0 Å². The van der Waals surface area contributed by atoms with E-state index in [0.717, 1.165) is 19.3 Å². The summed E-state index contributed by atoms with van der Waals surface area (Å²) in [4.78, 5) is 32.7. The van der Waals surface area contributed by atoms with Gasteiger partial charge in [-0.2, -0.15) is 0 Å². The number of carbonyl (C=O) groups excluding carboxylic acids is 1. The summed E-state index contributed by atoms with van der Waals surface area (Å²) in [6.07, 6.45) is 3.25. The zero-order chi connectivity index (χ0) is 20.0. The van der Waals surface area contributed by atoms with Gasteiger partial charge in [-0.1, -0.05) is 46.2 Å². The number of fused-ring (bicyclic) bond motifs is 1. The Bertz CT molecular complexity index is 826. The van der Waals surface area contributed by atoms with Crippen molar-refractivity contribution in [3.63, 3.8) is 0 Å². The Morgan fingerprint density at radius 2 is 1.85 bits per heavy atom. The number of hydrogen-bond donors (Lipinski definition) is 0. The number of unbranched alkanes of at least 4 members (excludes halogenated alkanes) is 1. The highest BCUT2D eigenvalue weighted by Crippen LogP contribution is 2.23. The van der Waals surface area contributed by atoms with Crippen molar-refractivity contribution in [2.45, 2.75) is 72.9 Å². The van der Waals surface area contributed by atoms with Gasteiger partial charge in [-0.25, -0.2) is 4.98 Å². The molecule has 0 aliphatic rings. The zero-order valence-electron chi connectivity index (χ0n) is 17.4. The number of benzene rings is 1. The van der Waals surface area contributed by atoms with Crippen LogP contribution in [-0.4, -0.2) is 26.9 Å². The molecule has 1 unspecified atom stereocenters. The molecule has 0 saturated carbocycles. The van der Waals surface area contributed by atoms with Crippen LogP contribution >= 0.6 is 0 Å². The van der Waals surface area contributed by atoms with Gasteiger partial charge in [0.2, 0.25) is 5.91 Å². The number of rotatable bonds is 9. The fourth-order valence-electron chi connectivity index (χ4n) is 3.42. The van der Waals surface area contributed by atoms with Crippen molar-refractivity contribution in [2.75, 3.05) is 6.54 Å². The van der Waals surface area contributed by atoms with Crippen LogP contribution in [0.5, 0.6) is 0 Å². The first-order valence-corrected chi connectivity index (χ1v) is 10.2. The summed E-state index contributed by atoms with van der Waals surface area (Å²) >= 11 is 0. The van der Waals surface area contributed by atoms with E-state index < -0.39 is 0 Å². The molecule has 0 N–H and O–H groups in total. The highest BCUT2D eigenvalue weighted by atomic mass is 16.2. The minimum absolute atomic E-state index is 0.0187. The Labute approximate surface area is 162 Å². The highest BCUT2D eigenvalue weighted by molar-refractivity contribution is 5.78. The molecule has 2 rings (SSSR count). The molecule has 148 valence electrons. The Hall–Kier alpha value is -2.17. The van der Waals surface area contributed by atoms with Crippen LogP contribution < -0.4 is 5.56 Å². The first kappa shape index (κ1) is 21.1. The van der Waals surface area contributed by atoms with E-state index in [9.17, 15) is 9.59 Å². The lowest BCUT2D eigenvalue weighted by Crippen LogP contribution is -2.39. The molecule has 0 spiro atoms. The average Bonchev–Trinajstić information content (AvgIpc) is 2.65. The number of para-hydroxylation sites is 1. The molecule has 1 aromatic carbocycles. The van der Waals surface area contributed by atoms with Gasteiger partial charge in [0, 0.05) is 19.5 Å². The fourth-order valence-corrected chi connectivity index (χ4v) is 3.42. The summed E-state index contributed by atoms with van der Waals surface area (Å²) < 4.78 is 1.76. The second-order valence-electron chi connectivity index (χ2n) is 7.66. The second kappa shape index (κ2) is 9.67. The number of hydrogen-bond acceptors (Lipinski definition) is 3. The van der Waals surface area contributed by atoms with Crippen LogP contribution in [0.15, 0.2) is 29.1 Å². The van der Waals surface area contributed by atoms with Crippen LogP contribution in [0.25, 0.3) is 10.9 Å². The van der Waals surface area contributed by atoms with Crippen molar-refractivity contribution >= 4 is 16.8 Å². The van der Waals surface area contributed by atoms with Crippen molar-refractivity contribution in [3.8, 4) is 0 Å². The third-order valence-electron chi connectivity index (χ3n) is 4.81. The van der Waals surface area contributed by atoms with E-state index in [4.69, 9.17) is 4.98 Å². The second-order valence-corrected chi connectivity index (χ2v) is 7.66. The van der Waals surface area contributed by atoms with E-state index >= 15 is 0 Å². The minimum atomic E-state index is -0.236. The molecule has 0 aliphatic carbocycles. The van der Waals surface area contributed by atoms with Crippen molar-refractivity contribution in [3.05, 3.63) is 40.4 Å². The molecular formula is C22H33N3O2. The monoisotopic (exact) mass is 371 g/mol. The molecule has 0 aliphatic heterocycles. The van der Waals surface area contributed by atoms with Crippen molar-refractivity contribution in [1.82, 2.24) is 14.5 Å². The highest BCUT2D eigenvalue weighted by Gasteiger charge is 2.26. The molecule has 1 heterocycles. The standard InChI is InChI=1S/C22H33N3O2/c1-6-8-13-20(26)25(15-16(3)4)17(5)21-23-19-12-10-9-11-18(19)22(27)24(21)14-7-2/h9-12,16-17H,6-8,13-15H2,1-5H3. The van der Waals surface area contributed by atoms with Gasteiger partial charge in [0.25, 0.3) is 5.56 Å². The molecule has 0 radical (unpaired) electrons. The van der Waals surface area contributed by atoms with E-state index in [1.54, 1.807) is 4.57 Å². The van der Waals surface area contributed by atoms with Gasteiger partial charge in [-0.05, 0) is 37.8 Å². The molecular weight excluding hydrogens is 338 g/mol. The SMILES string of the molecule is CCCCC(=O)N(CC(C)C)C(C)c1nc2ccccc2c(=O)n1CCC. The quantitative estimate of drug-likeness (QED) is 0.650. The molecule has 5 heteroatoms. The Kier molecular flexibility index (Phi) is 7.57. The smallest absolute Gasteiger partial charge is 0.261 e. The van der Waals surface area contributed by atoms with Gasteiger partial charge in [0.1, 0.15) is 5.82 Å². The zero-order valence-corrected chi connectivity index (χ0v) is 17.4. The van der Waals surface area contributed by atoms with Gasteiger partial charge < -0.3 is 4.90 Å². The predicted molar refractivity (Wildman–Crippen MR) is 111 cm³/mol. The summed E-state index contributed by atoms with van der Waals surface area (Å²) in [5.74, 6) is 1.18. The number of nitrogens with zero attached hydrogens (tertiary/aromatic N) is 3. The predicted octanol–water partition coefficient (Wildman–Crippen LogP) is 4.54. The van der Waals surface area contributed by atoms with Crippen molar-refractivity contribution < 1.29 is 4.79 Å². The molecule has 1 atom stereocenters. The van der Waals surface area contributed by atoms with Crippen LogP contribution in [0.3, 0.4) is 0 Å². The number of amides is 1. The maximum Gasteiger partial charge on any atom is 0.261 e. The van der Waals surface area contributed by atoms with E-state index in [2.05, 4.69) is 20.8 Å². The molecule has 2 aromatic rings. The first-order chi connectivity index (χ1) is 12.9. The third kappa shape index (κ3) is 4.96.